The number of fused-ring (bicyclic) bond motifs is 1. The number of aromatic nitrogens is 1. The van der Waals surface area contributed by atoms with E-state index in [1.54, 1.807) is 0 Å². The third-order valence-corrected chi connectivity index (χ3v) is 5.53. The van der Waals surface area contributed by atoms with E-state index in [9.17, 15) is 18.5 Å². The number of hydrogen-bond donors (Lipinski definition) is 1. The van der Waals surface area contributed by atoms with Gasteiger partial charge in [-0.05, 0) is 37.1 Å². The largest absolute Gasteiger partial charge is 0.375 e. The summed E-state index contributed by atoms with van der Waals surface area (Å²) in [5, 5.41) is 16.4. The average Bonchev–Trinajstić information content (AvgIpc) is 2.96. The molecule has 130 valence electrons. The van der Waals surface area contributed by atoms with Gasteiger partial charge in [-0.1, -0.05) is 0 Å². The van der Waals surface area contributed by atoms with Crippen molar-refractivity contribution in [3.63, 3.8) is 0 Å². The van der Waals surface area contributed by atoms with Crippen molar-refractivity contribution in [3.05, 3.63) is 27.8 Å². The van der Waals surface area contributed by atoms with Gasteiger partial charge in [0, 0.05) is 6.04 Å². The van der Waals surface area contributed by atoms with Gasteiger partial charge in [-0.25, -0.2) is 4.98 Å². The predicted octanol–water partition coefficient (Wildman–Crippen LogP) is 2.90. The van der Waals surface area contributed by atoms with Crippen molar-refractivity contribution in [2.45, 2.75) is 37.8 Å². The molecule has 1 fully saturated rings. The molecule has 1 aliphatic rings. The van der Waals surface area contributed by atoms with E-state index in [2.05, 4.69) is 10.3 Å². The summed E-state index contributed by atoms with van der Waals surface area (Å²) in [6.07, 6.45) is 4.57. The quantitative estimate of drug-likeness (QED) is 0.488. The van der Waals surface area contributed by atoms with E-state index in [1.807, 2.05) is 11.4 Å². The maximum absolute atomic E-state index is 11.3. The summed E-state index contributed by atoms with van der Waals surface area (Å²) in [7, 11) is -3.46. The van der Waals surface area contributed by atoms with Crippen LogP contribution in [0.4, 0.5) is 11.4 Å². The van der Waals surface area contributed by atoms with Gasteiger partial charge >= 0.3 is 5.69 Å². The fraction of sp³-hybridized carbons (Fsp3) is 0.500. The lowest BCUT2D eigenvalue weighted by atomic mass is 9.93. The lowest BCUT2D eigenvalue weighted by Crippen LogP contribution is -2.31. The summed E-state index contributed by atoms with van der Waals surface area (Å²) >= 11 is 1.41. The molecule has 0 unspecified atom stereocenters. The van der Waals surface area contributed by atoms with Crippen LogP contribution in [0.2, 0.25) is 0 Å². The van der Waals surface area contributed by atoms with E-state index < -0.39 is 15.0 Å². The van der Waals surface area contributed by atoms with Gasteiger partial charge in [-0.3, -0.25) is 14.3 Å². The van der Waals surface area contributed by atoms with Gasteiger partial charge in [0.2, 0.25) is 0 Å². The molecule has 2 aromatic heterocycles. The Morgan fingerprint density at radius 3 is 2.71 bits per heavy atom. The fourth-order valence-corrected chi connectivity index (χ4v) is 4.48. The van der Waals surface area contributed by atoms with Crippen LogP contribution >= 0.6 is 11.3 Å². The summed E-state index contributed by atoms with van der Waals surface area (Å²) in [6.45, 7) is 0. The number of thiophene rings is 1. The van der Waals surface area contributed by atoms with Crippen molar-refractivity contribution >= 4 is 43.0 Å². The maximum atomic E-state index is 11.3. The summed E-state index contributed by atoms with van der Waals surface area (Å²) in [6, 6.07) is 1.86. The van der Waals surface area contributed by atoms with Gasteiger partial charge in [0.05, 0.1) is 27.5 Å². The van der Waals surface area contributed by atoms with Gasteiger partial charge in [-0.15, -0.1) is 11.3 Å². The van der Waals surface area contributed by atoms with Gasteiger partial charge in [-0.2, -0.15) is 8.42 Å². The molecule has 0 saturated heterocycles. The Bertz CT molecular complexity index is 856. The smallest absolute Gasteiger partial charge is 0.311 e. The highest BCUT2D eigenvalue weighted by Crippen LogP contribution is 2.37. The molecule has 0 aliphatic heterocycles. The number of pyridine rings is 1. The molecule has 0 spiro atoms. The molecule has 1 N–H and O–H groups in total. The third-order valence-electron chi connectivity index (χ3n) is 3.98. The topological polar surface area (TPSA) is 111 Å². The summed E-state index contributed by atoms with van der Waals surface area (Å²) in [5.41, 5.74) is 1.18. The number of hydrogen-bond acceptors (Lipinski definition) is 8. The van der Waals surface area contributed by atoms with Crippen molar-refractivity contribution in [2.75, 3.05) is 11.6 Å². The maximum Gasteiger partial charge on any atom is 0.311 e. The second kappa shape index (κ2) is 6.61. The zero-order valence-corrected chi connectivity index (χ0v) is 14.6. The molecule has 24 heavy (non-hydrogen) atoms. The standard InChI is InChI=1S/C14H17N3O5S2/c1-24(20,21)22-10-4-2-9(3-5-10)16-13-12(17(18)19)8-15-11-6-7-23-14(11)13/h6-10H,2-5H2,1H3,(H,15,16). The zero-order valence-electron chi connectivity index (χ0n) is 13.0. The summed E-state index contributed by atoms with van der Waals surface area (Å²) < 4.78 is 28.2. The highest BCUT2D eigenvalue weighted by Gasteiger charge is 2.27. The first-order chi connectivity index (χ1) is 11.3. The first-order valence-electron chi connectivity index (χ1n) is 7.49. The lowest BCUT2D eigenvalue weighted by molar-refractivity contribution is -0.384. The van der Waals surface area contributed by atoms with Crippen LogP contribution in [0.1, 0.15) is 25.7 Å². The highest BCUT2D eigenvalue weighted by molar-refractivity contribution is 7.86. The normalized spacial score (nSPS) is 21.7. The van der Waals surface area contributed by atoms with E-state index in [4.69, 9.17) is 4.18 Å². The molecular formula is C14H17N3O5S2. The molecule has 0 bridgehead atoms. The van der Waals surface area contributed by atoms with E-state index in [0.29, 0.717) is 31.4 Å². The average molecular weight is 371 g/mol. The van der Waals surface area contributed by atoms with E-state index in [0.717, 1.165) is 16.5 Å². The first kappa shape index (κ1) is 17.1. The second-order valence-corrected chi connectivity index (χ2v) is 8.35. The lowest BCUT2D eigenvalue weighted by Gasteiger charge is -2.28. The van der Waals surface area contributed by atoms with Crippen LogP contribution in [-0.2, 0) is 14.3 Å². The van der Waals surface area contributed by atoms with Crippen molar-refractivity contribution < 1.29 is 17.5 Å². The van der Waals surface area contributed by atoms with Gasteiger partial charge in [0.25, 0.3) is 10.1 Å². The Hall–Kier alpha value is -1.78. The summed E-state index contributed by atoms with van der Waals surface area (Å²) in [5.74, 6) is 0. The monoisotopic (exact) mass is 371 g/mol. The van der Waals surface area contributed by atoms with Crippen LogP contribution in [-0.4, -0.2) is 36.7 Å². The Morgan fingerprint density at radius 1 is 1.38 bits per heavy atom. The van der Waals surface area contributed by atoms with Crippen LogP contribution in [0.3, 0.4) is 0 Å². The molecule has 8 nitrogen and oxygen atoms in total. The molecule has 0 atom stereocenters. The van der Waals surface area contributed by atoms with Crippen LogP contribution in [0.5, 0.6) is 0 Å². The number of anilines is 1. The van der Waals surface area contributed by atoms with Crippen molar-refractivity contribution in [1.29, 1.82) is 0 Å². The highest BCUT2D eigenvalue weighted by atomic mass is 32.2. The fourth-order valence-electron chi connectivity index (χ4n) is 2.94. The van der Waals surface area contributed by atoms with E-state index in [1.165, 1.54) is 17.5 Å². The minimum absolute atomic E-state index is 0.0378. The van der Waals surface area contributed by atoms with Crippen LogP contribution in [0, 0.1) is 10.1 Å². The summed E-state index contributed by atoms with van der Waals surface area (Å²) in [4.78, 5) is 15.0. The van der Waals surface area contributed by atoms with Crippen molar-refractivity contribution in [2.24, 2.45) is 0 Å². The Labute approximate surface area is 143 Å². The van der Waals surface area contributed by atoms with Crippen LogP contribution in [0.25, 0.3) is 10.2 Å². The van der Waals surface area contributed by atoms with Gasteiger partial charge in [0.1, 0.15) is 11.9 Å². The molecule has 0 aromatic carbocycles. The minimum atomic E-state index is -3.46. The van der Waals surface area contributed by atoms with Crippen molar-refractivity contribution in [3.8, 4) is 0 Å². The third kappa shape index (κ3) is 3.82. The number of nitrogens with zero attached hydrogens (tertiary/aromatic N) is 2. The molecule has 1 aliphatic carbocycles. The van der Waals surface area contributed by atoms with Crippen molar-refractivity contribution in [1.82, 2.24) is 4.98 Å². The number of nitrogens with one attached hydrogen (secondary N) is 1. The van der Waals surface area contributed by atoms with Gasteiger partial charge in [0.15, 0.2) is 0 Å². The second-order valence-electron chi connectivity index (χ2n) is 5.83. The number of rotatable bonds is 5. The first-order valence-corrected chi connectivity index (χ1v) is 10.2. The molecule has 2 heterocycles. The zero-order chi connectivity index (χ0) is 17.3. The Balaban J connectivity index is 1.75. The molecule has 0 radical (unpaired) electrons. The molecule has 10 heteroatoms. The SMILES string of the molecule is CS(=O)(=O)OC1CCC(Nc2c([N+](=O)[O-])cnc3ccsc23)CC1. The molecule has 2 aromatic rings. The van der Waals surface area contributed by atoms with Gasteiger partial charge < -0.3 is 5.32 Å². The molecule has 0 amide bonds. The van der Waals surface area contributed by atoms with E-state index in [-0.39, 0.29) is 17.8 Å². The molecular weight excluding hydrogens is 354 g/mol. The minimum Gasteiger partial charge on any atom is -0.375 e. The molecule has 1 saturated carbocycles. The molecule has 3 rings (SSSR count). The Kier molecular flexibility index (Phi) is 4.70. The van der Waals surface area contributed by atoms with Crippen LogP contribution in [0.15, 0.2) is 17.6 Å². The predicted molar refractivity (Wildman–Crippen MR) is 91.9 cm³/mol. The Morgan fingerprint density at radius 2 is 2.08 bits per heavy atom. The van der Waals surface area contributed by atoms with E-state index >= 15 is 0 Å². The number of nitro groups is 1. The van der Waals surface area contributed by atoms with Crippen LogP contribution < -0.4 is 5.32 Å².